The maximum Gasteiger partial charge on any atom is 0.0638 e. The summed E-state index contributed by atoms with van der Waals surface area (Å²) in [6.07, 6.45) is 3.19. The minimum atomic E-state index is 0.742. The van der Waals surface area contributed by atoms with E-state index in [1.54, 1.807) is 18.4 Å². The molecule has 0 unspecified atom stereocenters. The van der Waals surface area contributed by atoms with Gasteiger partial charge >= 0.3 is 0 Å². The second kappa shape index (κ2) is 7.43. The highest BCUT2D eigenvalue weighted by Gasteiger charge is 2.04. The Morgan fingerprint density at radius 2 is 2.37 bits per heavy atom. The van der Waals surface area contributed by atoms with Gasteiger partial charge in [0.1, 0.15) is 0 Å². The van der Waals surface area contributed by atoms with E-state index < -0.39 is 0 Å². The van der Waals surface area contributed by atoms with Gasteiger partial charge in [-0.3, -0.25) is 4.68 Å². The zero-order chi connectivity index (χ0) is 13.5. The van der Waals surface area contributed by atoms with Gasteiger partial charge in [-0.25, -0.2) is 0 Å². The summed E-state index contributed by atoms with van der Waals surface area (Å²) in [5.41, 5.74) is 2.37. The van der Waals surface area contributed by atoms with Crippen molar-refractivity contribution in [3.05, 3.63) is 39.8 Å². The van der Waals surface area contributed by atoms with Crippen LogP contribution in [0, 0.1) is 6.92 Å². The lowest BCUT2D eigenvalue weighted by Gasteiger charge is -2.02. The van der Waals surface area contributed by atoms with Crippen LogP contribution in [0.15, 0.2) is 23.7 Å². The predicted octanol–water partition coefficient (Wildman–Crippen LogP) is 2.23. The average molecular weight is 279 g/mol. The monoisotopic (exact) mass is 279 g/mol. The Bertz CT molecular complexity index is 479. The van der Waals surface area contributed by atoms with Crippen molar-refractivity contribution in [2.45, 2.75) is 26.4 Å². The second-order valence-corrected chi connectivity index (χ2v) is 5.53. The number of nitrogens with one attached hydrogen (secondary N) is 1. The molecule has 4 nitrogen and oxygen atoms in total. The standard InChI is InChI=1S/C14H21N3OS/c1-12-13(10-15-6-8-18-2)11-17(16-12)7-5-14-4-3-9-19-14/h3-4,9,11,15H,5-8,10H2,1-2H3. The Hall–Kier alpha value is -1.17. The van der Waals surface area contributed by atoms with E-state index in [2.05, 4.69) is 41.0 Å². The van der Waals surface area contributed by atoms with Gasteiger partial charge < -0.3 is 10.1 Å². The van der Waals surface area contributed by atoms with Crippen LogP contribution in [0.25, 0.3) is 0 Å². The zero-order valence-electron chi connectivity index (χ0n) is 11.6. The first-order valence-electron chi connectivity index (χ1n) is 6.54. The van der Waals surface area contributed by atoms with Crippen LogP contribution in [0.2, 0.25) is 0 Å². The Morgan fingerprint density at radius 1 is 1.47 bits per heavy atom. The third kappa shape index (κ3) is 4.45. The molecular weight excluding hydrogens is 258 g/mol. The molecular formula is C14H21N3OS. The molecule has 0 aliphatic carbocycles. The number of rotatable bonds is 8. The minimum Gasteiger partial charge on any atom is -0.383 e. The minimum absolute atomic E-state index is 0.742. The Kier molecular flexibility index (Phi) is 5.57. The van der Waals surface area contributed by atoms with Crippen LogP contribution < -0.4 is 5.32 Å². The van der Waals surface area contributed by atoms with Crippen molar-refractivity contribution in [1.82, 2.24) is 15.1 Å². The molecule has 0 spiro atoms. The molecule has 19 heavy (non-hydrogen) atoms. The fourth-order valence-corrected chi connectivity index (χ4v) is 2.62. The number of methoxy groups -OCH3 is 1. The van der Waals surface area contributed by atoms with E-state index in [0.29, 0.717) is 0 Å². The summed E-state index contributed by atoms with van der Waals surface area (Å²) in [6, 6.07) is 4.27. The van der Waals surface area contributed by atoms with Crippen molar-refractivity contribution < 1.29 is 4.74 Å². The van der Waals surface area contributed by atoms with Crippen LogP contribution in [0.4, 0.5) is 0 Å². The molecule has 0 aliphatic rings. The van der Waals surface area contributed by atoms with Crippen LogP contribution in [0.5, 0.6) is 0 Å². The van der Waals surface area contributed by atoms with Crippen LogP contribution in [-0.2, 0) is 24.2 Å². The lowest BCUT2D eigenvalue weighted by molar-refractivity contribution is 0.199. The Balaban J connectivity index is 1.82. The summed E-state index contributed by atoms with van der Waals surface area (Å²) in [7, 11) is 1.72. The molecule has 0 saturated heterocycles. The topological polar surface area (TPSA) is 39.1 Å². The molecule has 0 atom stereocenters. The second-order valence-electron chi connectivity index (χ2n) is 4.50. The average Bonchev–Trinajstić information content (AvgIpc) is 3.02. The van der Waals surface area contributed by atoms with Gasteiger partial charge in [-0.1, -0.05) is 6.07 Å². The molecule has 5 heteroatoms. The van der Waals surface area contributed by atoms with Crippen molar-refractivity contribution in [1.29, 1.82) is 0 Å². The number of aromatic nitrogens is 2. The smallest absolute Gasteiger partial charge is 0.0638 e. The first-order valence-corrected chi connectivity index (χ1v) is 7.42. The summed E-state index contributed by atoms with van der Waals surface area (Å²) >= 11 is 1.81. The van der Waals surface area contributed by atoms with Crippen LogP contribution >= 0.6 is 11.3 Å². The molecule has 0 saturated carbocycles. The van der Waals surface area contributed by atoms with E-state index in [9.17, 15) is 0 Å². The zero-order valence-corrected chi connectivity index (χ0v) is 12.4. The predicted molar refractivity (Wildman–Crippen MR) is 78.6 cm³/mol. The van der Waals surface area contributed by atoms with Gasteiger partial charge in [0, 0.05) is 49.8 Å². The highest BCUT2D eigenvalue weighted by atomic mass is 32.1. The van der Waals surface area contributed by atoms with Crippen molar-refractivity contribution in [2.24, 2.45) is 0 Å². The number of thiophene rings is 1. The van der Waals surface area contributed by atoms with E-state index in [0.717, 1.165) is 38.4 Å². The van der Waals surface area contributed by atoms with Crippen molar-refractivity contribution >= 4 is 11.3 Å². The van der Waals surface area contributed by atoms with Gasteiger partial charge in [0.25, 0.3) is 0 Å². The molecule has 0 amide bonds. The molecule has 2 aromatic rings. The summed E-state index contributed by atoms with van der Waals surface area (Å²) in [5, 5.41) is 10.0. The highest BCUT2D eigenvalue weighted by Crippen LogP contribution is 2.11. The van der Waals surface area contributed by atoms with Crippen LogP contribution in [0.1, 0.15) is 16.1 Å². The van der Waals surface area contributed by atoms with Crippen molar-refractivity contribution in [2.75, 3.05) is 20.3 Å². The molecule has 0 aliphatic heterocycles. The fourth-order valence-electron chi connectivity index (χ4n) is 1.92. The summed E-state index contributed by atoms with van der Waals surface area (Å²) in [4.78, 5) is 1.41. The maximum atomic E-state index is 5.01. The van der Waals surface area contributed by atoms with Crippen molar-refractivity contribution in [3.63, 3.8) is 0 Å². The van der Waals surface area contributed by atoms with Crippen molar-refractivity contribution in [3.8, 4) is 0 Å². The van der Waals surface area contributed by atoms with Gasteiger partial charge in [0.15, 0.2) is 0 Å². The molecule has 0 radical (unpaired) electrons. The summed E-state index contributed by atoms with van der Waals surface area (Å²) in [6.45, 7) is 5.48. The van der Waals surface area contributed by atoms with Gasteiger partial charge in [-0.2, -0.15) is 5.10 Å². The van der Waals surface area contributed by atoms with Gasteiger partial charge in [-0.15, -0.1) is 11.3 Å². The third-order valence-electron chi connectivity index (χ3n) is 3.01. The normalized spacial score (nSPS) is 11.1. The first-order chi connectivity index (χ1) is 9.29. The number of ether oxygens (including phenoxy) is 1. The molecule has 2 heterocycles. The molecule has 0 fully saturated rings. The first kappa shape index (κ1) is 14.2. The molecule has 104 valence electrons. The maximum absolute atomic E-state index is 5.01. The molecule has 2 aromatic heterocycles. The quantitative estimate of drug-likeness (QED) is 0.753. The lowest BCUT2D eigenvalue weighted by Crippen LogP contribution is -2.18. The van der Waals surface area contributed by atoms with E-state index in [-0.39, 0.29) is 0 Å². The van der Waals surface area contributed by atoms with E-state index in [1.807, 2.05) is 4.68 Å². The van der Waals surface area contributed by atoms with Gasteiger partial charge in [-0.05, 0) is 18.4 Å². The SMILES string of the molecule is COCCNCc1cn(CCc2cccs2)nc1C. The Labute approximate surface area is 118 Å². The lowest BCUT2D eigenvalue weighted by atomic mass is 10.2. The summed E-state index contributed by atoms with van der Waals surface area (Å²) in [5.74, 6) is 0. The largest absolute Gasteiger partial charge is 0.383 e. The number of hydrogen-bond acceptors (Lipinski definition) is 4. The van der Waals surface area contributed by atoms with Crippen LogP contribution in [0.3, 0.4) is 0 Å². The molecule has 0 bridgehead atoms. The molecule has 2 rings (SSSR count). The Morgan fingerprint density at radius 3 is 3.11 bits per heavy atom. The van der Waals surface area contributed by atoms with E-state index in [4.69, 9.17) is 4.74 Å². The van der Waals surface area contributed by atoms with E-state index in [1.165, 1.54) is 10.4 Å². The number of aryl methyl sites for hydroxylation is 3. The third-order valence-corrected chi connectivity index (χ3v) is 3.95. The van der Waals surface area contributed by atoms with E-state index >= 15 is 0 Å². The van der Waals surface area contributed by atoms with Gasteiger partial charge in [0.2, 0.25) is 0 Å². The number of nitrogens with zero attached hydrogens (tertiary/aromatic N) is 2. The molecule has 1 N–H and O–H groups in total. The molecule has 0 aromatic carbocycles. The number of hydrogen-bond donors (Lipinski definition) is 1. The summed E-state index contributed by atoms with van der Waals surface area (Å²) < 4.78 is 7.06. The van der Waals surface area contributed by atoms with Crippen LogP contribution in [-0.4, -0.2) is 30.0 Å². The van der Waals surface area contributed by atoms with Gasteiger partial charge in [0.05, 0.1) is 12.3 Å². The highest BCUT2D eigenvalue weighted by molar-refractivity contribution is 7.09. The fraction of sp³-hybridized carbons (Fsp3) is 0.500.